The van der Waals surface area contributed by atoms with E-state index >= 15 is 0 Å². The number of anilines is 2. The molecule has 0 radical (unpaired) electrons. The van der Waals surface area contributed by atoms with Crippen molar-refractivity contribution in [2.45, 2.75) is 24.7 Å². The van der Waals surface area contributed by atoms with E-state index < -0.39 is 10.8 Å². The third-order valence-electron chi connectivity index (χ3n) is 4.75. The predicted molar refractivity (Wildman–Crippen MR) is 114 cm³/mol. The molecule has 1 fully saturated rings. The number of aryl methyl sites for hydroxylation is 1. The fourth-order valence-corrected chi connectivity index (χ4v) is 4.03. The minimum Gasteiger partial charge on any atom is -0.372 e. The SMILES string of the molecule is Cc1cc(N2CCCC2)ccc1NC(=O)CSc1ccc(C(N)=O)cc1[N+](=O)[O-]. The van der Waals surface area contributed by atoms with Gasteiger partial charge in [-0.25, -0.2) is 0 Å². The summed E-state index contributed by atoms with van der Waals surface area (Å²) in [5, 5.41) is 14.1. The van der Waals surface area contributed by atoms with Crippen LogP contribution in [-0.4, -0.2) is 35.6 Å². The van der Waals surface area contributed by atoms with Gasteiger partial charge in [-0.15, -0.1) is 11.8 Å². The van der Waals surface area contributed by atoms with Crippen molar-refractivity contribution in [2.24, 2.45) is 5.73 Å². The van der Waals surface area contributed by atoms with Gasteiger partial charge in [-0.3, -0.25) is 19.7 Å². The number of amides is 2. The van der Waals surface area contributed by atoms with E-state index in [0.717, 1.165) is 47.9 Å². The van der Waals surface area contributed by atoms with E-state index in [1.807, 2.05) is 19.1 Å². The summed E-state index contributed by atoms with van der Waals surface area (Å²) in [6.07, 6.45) is 2.39. The lowest BCUT2D eigenvalue weighted by Crippen LogP contribution is -2.18. The van der Waals surface area contributed by atoms with Crippen molar-refractivity contribution in [3.63, 3.8) is 0 Å². The van der Waals surface area contributed by atoms with E-state index in [-0.39, 0.29) is 22.9 Å². The average Bonchev–Trinajstić information content (AvgIpc) is 3.22. The van der Waals surface area contributed by atoms with Gasteiger partial charge < -0.3 is 16.0 Å². The van der Waals surface area contributed by atoms with Gasteiger partial charge in [0.25, 0.3) is 5.69 Å². The second-order valence-electron chi connectivity index (χ2n) is 6.83. The molecule has 1 heterocycles. The highest BCUT2D eigenvalue weighted by atomic mass is 32.2. The highest BCUT2D eigenvalue weighted by Crippen LogP contribution is 2.31. The second-order valence-corrected chi connectivity index (χ2v) is 7.85. The summed E-state index contributed by atoms with van der Waals surface area (Å²) in [5.74, 6) is -1.00. The first kappa shape index (κ1) is 20.7. The molecule has 0 aliphatic carbocycles. The molecule has 152 valence electrons. The number of hydrogen-bond acceptors (Lipinski definition) is 6. The van der Waals surface area contributed by atoms with Crippen molar-refractivity contribution < 1.29 is 14.5 Å². The molecular weight excluding hydrogens is 392 g/mol. The van der Waals surface area contributed by atoms with Crippen LogP contribution in [0, 0.1) is 17.0 Å². The van der Waals surface area contributed by atoms with Crippen molar-refractivity contribution in [1.29, 1.82) is 0 Å². The standard InChI is InChI=1S/C20H22N4O4S/c1-13-10-15(23-8-2-3-9-23)5-6-16(13)22-19(25)12-29-18-7-4-14(20(21)26)11-17(18)24(27)28/h4-7,10-11H,2-3,8-9,12H2,1H3,(H2,21,26)(H,22,25). The van der Waals surface area contributed by atoms with Gasteiger partial charge >= 0.3 is 0 Å². The monoisotopic (exact) mass is 414 g/mol. The van der Waals surface area contributed by atoms with Crippen molar-refractivity contribution >= 4 is 40.6 Å². The number of thioether (sulfide) groups is 1. The minimum absolute atomic E-state index is 0.00404. The summed E-state index contributed by atoms with van der Waals surface area (Å²) < 4.78 is 0. The molecule has 2 aromatic rings. The van der Waals surface area contributed by atoms with Gasteiger partial charge in [0.05, 0.1) is 15.6 Å². The summed E-state index contributed by atoms with van der Waals surface area (Å²) in [6.45, 7) is 4.04. The maximum absolute atomic E-state index is 12.3. The Labute approximate surface area is 172 Å². The number of nitrogens with two attached hydrogens (primary N) is 1. The van der Waals surface area contributed by atoms with Gasteiger partial charge in [0.1, 0.15) is 0 Å². The molecule has 0 unspecified atom stereocenters. The van der Waals surface area contributed by atoms with Crippen LogP contribution >= 0.6 is 11.8 Å². The molecule has 1 saturated heterocycles. The molecule has 0 aromatic heterocycles. The maximum atomic E-state index is 12.3. The summed E-state index contributed by atoms with van der Waals surface area (Å²) in [4.78, 5) is 36.9. The molecule has 8 nitrogen and oxygen atoms in total. The van der Waals surface area contributed by atoms with Crippen LogP contribution < -0.4 is 16.0 Å². The fourth-order valence-electron chi connectivity index (χ4n) is 3.23. The Balaban J connectivity index is 1.64. The zero-order chi connectivity index (χ0) is 21.0. The molecule has 1 aliphatic heterocycles. The third kappa shape index (κ3) is 5.05. The van der Waals surface area contributed by atoms with Crippen LogP contribution in [0.25, 0.3) is 0 Å². The number of nitrogens with one attached hydrogen (secondary N) is 1. The Morgan fingerprint density at radius 3 is 2.55 bits per heavy atom. The molecule has 0 bridgehead atoms. The summed E-state index contributed by atoms with van der Waals surface area (Å²) >= 11 is 1.04. The zero-order valence-electron chi connectivity index (χ0n) is 16.0. The number of nitrogens with zero attached hydrogens (tertiary/aromatic N) is 2. The Bertz CT molecular complexity index is 957. The zero-order valence-corrected chi connectivity index (χ0v) is 16.8. The normalized spacial score (nSPS) is 13.3. The highest BCUT2D eigenvalue weighted by molar-refractivity contribution is 8.00. The summed E-state index contributed by atoms with van der Waals surface area (Å²) in [5.41, 5.74) is 7.81. The van der Waals surface area contributed by atoms with Gasteiger partial charge in [0, 0.05) is 36.1 Å². The number of nitro benzene ring substituents is 1. The number of carbonyl (C=O) groups excluding carboxylic acids is 2. The second kappa shape index (κ2) is 8.95. The Hall–Kier alpha value is -3.07. The predicted octanol–water partition coefficient (Wildman–Crippen LogP) is 3.33. The van der Waals surface area contributed by atoms with Crippen LogP contribution in [0.1, 0.15) is 28.8 Å². The van der Waals surface area contributed by atoms with Crippen LogP contribution in [0.2, 0.25) is 0 Å². The minimum atomic E-state index is -0.741. The Morgan fingerprint density at radius 1 is 1.21 bits per heavy atom. The first-order valence-corrected chi connectivity index (χ1v) is 10.2. The van der Waals surface area contributed by atoms with E-state index in [1.165, 1.54) is 25.0 Å². The van der Waals surface area contributed by atoms with Crippen LogP contribution in [0.15, 0.2) is 41.3 Å². The van der Waals surface area contributed by atoms with Crippen LogP contribution in [0.3, 0.4) is 0 Å². The van der Waals surface area contributed by atoms with E-state index in [9.17, 15) is 19.7 Å². The van der Waals surface area contributed by atoms with E-state index in [0.29, 0.717) is 4.90 Å². The van der Waals surface area contributed by atoms with Crippen LogP contribution in [0.4, 0.5) is 17.1 Å². The number of hydrogen-bond donors (Lipinski definition) is 2. The van der Waals surface area contributed by atoms with Gasteiger partial charge in [-0.2, -0.15) is 0 Å². The largest absolute Gasteiger partial charge is 0.372 e. The lowest BCUT2D eigenvalue weighted by atomic mass is 10.1. The Kier molecular flexibility index (Phi) is 6.38. The fraction of sp³-hybridized carbons (Fsp3) is 0.300. The number of nitro groups is 1. The van der Waals surface area contributed by atoms with Crippen molar-refractivity contribution in [3.8, 4) is 0 Å². The van der Waals surface area contributed by atoms with E-state index in [2.05, 4.69) is 16.3 Å². The van der Waals surface area contributed by atoms with Crippen LogP contribution in [0.5, 0.6) is 0 Å². The topological polar surface area (TPSA) is 119 Å². The number of benzene rings is 2. The Morgan fingerprint density at radius 2 is 1.93 bits per heavy atom. The molecule has 0 spiro atoms. The number of carbonyl (C=O) groups is 2. The average molecular weight is 414 g/mol. The van der Waals surface area contributed by atoms with Gasteiger partial charge in [0.2, 0.25) is 11.8 Å². The molecule has 3 rings (SSSR count). The third-order valence-corrected chi connectivity index (χ3v) is 5.82. The molecule has 0 atom stereocenters. The molecule has 0 saturated carbocycles. The first-order valence-electron chi connectivity index (χ1n) is 9.21. The van der Waals surface area contributed by atoms with Crippen molar-refractivity contribution in [1.82, 2.24) is 0 Å². The first-order chi connectivity index (χ1) is 13.8. The molecular formula is C20H22N4O4S. The molecule has 2 aromatic carbocycles. The lowest BCUT2D eigenvalue weighted by molar-refractivity contribution is -0.387. The summed E-state index contributed by atoms with van der Waals surface area (Å²) in [7, 11) is 0. The lowest BCUT2D eigenvalue weighted by Gasteiger charge is -2.19. The highest BCUT2D eigenvalue weighted by Gasteiger charge is 2.18. The summed E-state index contributed by atoms with van der Waals surface area (Å²) in [6, 6.07) is 9.92. The molecule has 29 heavy (non-hydrogen) atoms. The van der Waals surface area contributed by atoms with Crippen molar-refractivity contribution in [2.75, 3.05) is 29.1 Å². The van der Waals surface area contributed by atoms with Crippen LogP contribution in [-0.2, 0) is 4.79 Å². The van der Waals surface area contributed by atoms with Gasteiger partial charge in [-0.05, 0) is 55.7 Å². The maximum Gasteiger partial charge on any atom is 0.283 e. The number of rotatable bonds is 7. The van der Waals surface area contributed by atoms with E-state index in [4.69, 9.17) is 5.73 Å². The van der Waals surface area contributed by atoms with E-state index in [1.54, 1.807) is 0 Å². The molecule has 3 N–H and O–H groups in total. The molecule has 2 amide bonds. The smallest absolute Gasteiger partial charge is 0.283 e. The van der Waals surface area contributed by atoms with Gasteiger partial charge in [-0.1, -0.05) is 0 Å². The molecule has 1 aliphatic rings. The van der Waals surface area contributed by atoms with Gasteiger partial charge in [0.15, 0.2) is 0 Å². The molecule has 9 heteroatoms. The quantitative estimate of drug-likeness (QED) is 0.407. The number of primary amides is 1. The van der Waals surface area contributed by atoms with Crippen molar-refractivity contribution in [3.05, 3.63) is 57.6 Å².